The third kappa shape index (κ3) is 5.21. The summed E-state index contributed by atoms with van der Waals surface area (Å²) in [4.78, 5) is 0. The monoisotopic (exact) mass is 178 g/mol. The van der Waals surface area contributed by atoms with Crippen LogP contribution in [0.1, 0.15) is 13.8 Å². The summed E-state index contributed by atoms with van der Waals surface area (Å²) in [6.45, 7) is 4.54. The fourth-order valence-corrected chi connectivity index (χ4v) is 0.852. The molecule has 0 heterocycles. The van der Waals surface area contributed by atoms with Crippen LogP contribution in [0, 0.1) is 12.3 Å². The maximum absolute atomic E-state index is 10.8. The summed E-state index contributed by atoms with van der Waals surface area (Å²) in [7, 11) is -1.42. The van der Waals surface area contributed by atoms with E-state index < -0.39 is 10.0 Å². The zero-order chi connectivity index (χ0) is 9.07. The number of rotatable bonds is 4. The van der Waals surface area contributed by atoms with Crippen molar-refractivity contribution in [1.82, 2.24) is 4.31 Å². The van der Waals surface area contributed by atoms with Crippen molar-refractivity contribution >= 4 is 10.0 Å². The van der Waals surface area contributed by atoms with E-state index in [1.807, 2.05) is 20.3 Å². The predicted octanol–water partition coefficient (Wildman–Crippen LogP) is 0.738. The first-order valence-corrected chi connectivity index (χ1v) is 5.43. The normalized spacial score (nSPS) is 12.9. The summed E-state index contributed by atoms with van der Waals surface area (Å²) >= 11 is 0. The minimum atomic E-state index is -3.00. The Labute approximate surface area is 69.4 Å². The lowest BCUT2D eigenvalue weighted by Gasteiger charge is -2.14. The zero-order valence-corrected chi connectivity index (χ0v) is 8.35. The lowest BCUT2D eigenvalue weighted by molar-refractivity contribution is 0.483. The number of nitrogens with zero attached hydrogens (tertiary/aromatic N) is 1. The number of hydrogen-bond donors (Lipinski definition) is 0. The molecule has 3 nitrogen and oxygen atoms in total. The molecule has 0 aliphatic heterocycles. The second kappa shape index (κ2) is 4.07. The van der Waals surface area contributed by atoms with Crippen molar-refractivity contribution in [3.05, 3.63) is 6.42 Å². The van der Waals surface area contributed by atoms with Gasteiger partial charge in [0.25, 0.3) is 0 Å². The van der Waals surface area contributed by atoms with E-state index in [0.717, 1.165) is 0 Å². The molecular formula is C7H16NO2S. The fraction of sp³-hybridized carbons (Fsp3) is 0.857. The first kappa shape index (κ1) is 10.9. The predicted molar refractivity (Wildman–Crippen MR) is 46.6 cm³/mol. The molecule has 0 aliphatic rings. The van der Waals surface area contributed by atoms with Gasteiger partial charge in [-0.3, -0.25) is 0 Å². The van der Waals surface area contributed by atoms with Crippen LogP contribution in [0.3, 0.4) is 0 Å². The molecule has 0 N–H and O–H groups in total. The van der Waals surface area contributed by atoms with Crippen LogP contribution < -0.4 is 0 Å². The van der Waals surface area contributed by atoms with Gasteiger partial charge in [0.05, 0.1) is 6.26 Å². The van der Waals surface area contributed by atoms with Crippen molar-refractivity contribution in [3.63, 3.8) is 0 Å². The van der Waals surface area contributed by atoms with Gasteiger partial charge >= 0.3 is 0 Å². The van der Waals surface area contributed by atoms with Gasteiger partial charge < -0.3 is 0 Å². The summed E-state index contributed by atoms with van der Waals surface area (Å²) in [5.41, 5.74) is 0. The van der Waals surface area contributed by atoms with Gasteiger partial charge in [-0.05, 0) is 12.3 Å². The minimum Gasteiger partial charge on any atom is -0.213 e. The Balaban J connectivity index is 3.81. The Morgan fingerprint density at radius 2 is 1.91 bits per heavy atom. The second-order valence-corrected chi connectivity index (χ2v) is 5.11. The average Bonchev–Trinajstić information content (AvgIpc) is 1.80. The van der Waals surface area contributed by atoms with Crippen molar-refractivity contribution in [2.75, 3.05) is 19.8 Å². The lowest BCUT2D eigenvalue weighted by Crippen LogP contribution is -2.27. The fourth-order valence-electron chi connectivity index (χ4n) is 0.495. The molecule has 11 heavy (non-hydrogen) atoms. The van der Waals surface area contributed by atoms with E-state index in [9.17, 15) is 8.42 Å². The van der Waals surface area contributed by atoms with Crippen molar-refractivity contribution < 1.29 is 8.42 Å². The van der Waals surface area contributed by atoms with Crippen LogP contribution >= 0.6 is 0 Å². The molecular weight excluding hydrogens is 162 g/mol. The van der Waals surface area contributed by atoms with E-state index in [1.54, 1.807) is 7.05 Å². The molecule has 1 radical (unpaired) electrons. The van der Waals surface area contributed by atoms with Gasteiger partial charge in [-0.1, -0.05) is 13.8 Å². The van der Waals surface area contributed by atoms with Crippen LogP contribution in [-0.2, 0) is 10.0 Å². The molecule has 0 amide bonds. The molecule has 0 aliphatic carbocycles. The molecule has 0 rings (SSSR count). The molecule has 0 atom stereocenters. The summed E-state index contributed by atoms with van der Waals surface area (Å²) < 4.78 is 23.0. The Morgan fingerprint density at radius 3 is 2.18 bits per heavy atom. The van der Waals surface area contributed by atoms with Gasteiger partial charge in [0.1, 0.15) is 0 Å². The third-order valence-electron chi connectivity index (χ3n) is 1.40. The molecule has 0 aromatic rings. The topological polar surface area (TPSA) is 37.4 Å². The van der Waals surface area contributed by atoms with E-state index in [1.165, 1.54) is 10.6 Å². The van der Waals surface area contributed by atoms with Crippen LogP contribution in [0.25, 0.3) is 0 Å². The quantitative estimate of drug-likeness (QED) is 0.636. The van der Waals surface area contributed by atoms with Gasteiger partial charge in [-0.25, -0.2) is 12.7 Å². The summed E-state index contributed by atoms with van der Waals surface area (Å²) in [6, 6.07) is 0. The van der Waals surface area contributed by atoms with Crippen LogP contribution in [0.5, 0.6) is 0 Å². The van der Waals surface area contributed by atoms with Crippen LogP contribution in [0.2, 0.25) is 0 Å². The molecule has 0 aromatic carbocycles. The highest BCUT2D eigenvalue weighted by molar-refractivity contribution is 7.88. The van der Waals surface area contributed by atoms with Crippen molar-refractivity contribution in [2.45, 2.75) is 13.8 Å². The number of sulfonamides is 1. The van der Waals surface area contributed by atoms with E-state index in [-0.39, 0.29) is 0 Å². The van der Waals surface area contributed by atoms with E-state index >= 15 is 0 Å². The molecule has 0 spiro atoms. The zero-order valence-electron chi connectivity index (χ0n) is 7.53. The standard InChI is InChI=1S/C7H16NO2S/c1-7(2)5-6-8(3)11(4,9)10/h5,7H,6H2,1-4H3. The Kier molecular flexibility index (Phi) is 4.03. The van der Waals surface area contributed by atoms with Gasteiger partial charge in [0.15, 0.2) is 0 Å². The Morgan fingerprint density at radius 1 is 1.45 bits per heavy atom. The van der Waals surface area contributed by atoms with Crippen LogP contribution in [0.4, 0.5) is 0 Å². The highest BCUT2D eigenvalue weighted by atomic mass is 32.2. The second-order valence-electron chi connectivity index (χ2n) is 3.02. The van der Waals surface area contributed by atoms with Crippen LogP contribution in [0.15, 0.2) is 0 Å². The molecule has 0 unspecified atom stereocenters. The SMILES string of the molecule is CC(C)[CH]CN(C)S(C)(=O)=O. The molecule has 0 saturated carbocycles. The van der Waals surface area contributed by atoms with Gasteiger partial charge in [0, 0.05) is 13.6 Å². The first-order valence-electron chi connectivity index (χ1n) is 3.58. The highest BCUT2D eigenvalue weighted by Crippen LogP contribution is 2.01. The maximum Gasteiger partial charge on any atom is 0.210 e. The lowest BCUT2D eigenvalue weighted by atomic mass is 10.1. The smallest absolute Gasteiger partial charge is 0.210 e. The average molecular weight is 178 g/mol. The molecule has 0 bridgehead atoms. The van der Waals surface area contributed by atoms with E-state index in [4.69, 9.17) is 0 Å². The molecule has 67 valence electrons. The maximum atomic E-state index is 10.8. The van der Waals surface area contributed by atoms with Crippen molar-refractivity contribution in [1.29, 1.82) is 0 Å². The van der Waals surface area contributed by atoms with Gasteiger partial charge in [0.2, 0.25) is 10.0 Å². The van der Waals surface area contributed by atoms with Crippen molar-refractivity contribution in [2.24, 2.45) is 5.92 Å². The van der Waals surface area contributed by atoms with Crippen LogP contribution in [-0.4, -0.2) is 32.6 Å². The van der Waals surface area contributed by atoms with E-state index in [0.29, 0.717) is 12.5 Å². The van der Waals surface area contributed by atoms with Crippen molar-refractivity contribution in [3.8, 4) is 0 Å². The molecule has 4 heteroatoms. The summed E-state index contributed by atoms with van der Waals surface area (Å²) in [5.74, 6) is 0.430. The number of hydrogen-bond acceptors (Lipinski definition) is 2. The minimum absolute atomic E-state index is 0.430. The summed E-state index contributed by atoms with van der Waals surface area (Å²) in [6.07, 6.45) is 3.17. The molecule has 0 fully saturated rings. The first-order chi connectivity index (χ1) is 4.84. The molecule has 0 aromatic heterocycles. The largest absolute Gasteiger partial charge is 0.213 e. The summed E-state index contributed by atoms with van der Waals surface area (Å²) in [5, 5.41) is 0. The molecule has 0 saturated heterocycles. The third-order valence-corrected chi connectivity index (χ3v) is 2.68. The Hall–Kier alpha value is -0.0900. The van der Waals surface area contributed by atoms with Gasteiger partial charge in [-0.15, -0.1) is 0 Å². The van der Waals surface area contributed by atoms with Gasteiger partial charge in [-0.2, -0.15) is 0 Å². The highest BCUT2D eigenvalue weighted by Gasteiger charge is 2.10. The van der Waals surface area contributed by atoms with E-state index in [2.05, 4.69) is 0 Å². The Bertz CT molecular complexity index is 196.